The minimum absolute atomic E-state index is 0.209. The number of imidazole rings is 1. The van der Waals surface area contributed by atoms with Crippen LogP contribution in [0.5, 0.6) is 0 Å². The van der Waals surface area contributed by atoms with Crippen LogP contribution in [0, 0.1) is 6.92 Å². The van der Waals surface area contributed by atoms with Crippen molar-refractivity contribution in [3.05, 3.63) is 70.7 Å². The van der Waals surface area contributed by atoms with Crippen LogP contribution < -0.4 is 4.72 Å². The van der Waals surface area contributed by atoms with E-state index in [-0.39, 0.29) is 10.0 Å². The number of hydrogen-bond acceptors (Lipinski definition) is 3. The number of aryl methyl sites for hydroxylation is 1. The fourth-order valence-corrected chi connectivity index (χ4v) is 3.50. The molecule has 0 unspecified atom stereocenters. The van der Waals surface area contributed by atoms with E-state index in [1.807, 2.05) is 6.92 Å². The van der Waals surface area contributed by atoms with Crippen LogP contribution in [0.4, 0.5) is 5.69 Å². The average Bonchev–Trinajstić information content (AvgIpc) is 2.88. The van der Waals surface area contributed by atoms with Gasteiger partial charge in [0.2, 0.25) is 0 Å². The molecular weight excluding hydrogens is 369 g/mol. The molecule has 0 aliphatic rings. The molecule has 0 radical (unpaired) electrons. The van der Waals surface area contributed by atoms with Crippen LogP contribution >= 0.6 is 23.2 Å². The van der Waals surface area contributed by atoms with E-state index in [1.54, 1.807) is 53.1 Å². The molecule has 1 aromatic heterocycles. The van der Waals surface area contributed by atoms with Crippen molar-refractivity contribution in [3.8, 4) is 5.69 Å². The fraction of sp³-hybridized carbons (Fsp3) is 0.0625. The summed E-state index contributed by atoms with van der Waals surface area (Å²) in [6.07, 6.45) is 1.50. The maximum absolute atomic E-state index is 12.4. The molecule has 0 atom stereocenters. The van der Waals surface area contributed by atoms with Gasteiger partial charge >= 0.3 is 0 Å². The van der Waals surface area contributed by atoms with Crippen molar-refractivity contribution in [3.63, 3.8) is 0 Å². The first-order valence-corrected chi connectivity index (χ1v) is 9.19. The van der Waals surface area contributed by atoms with Crippen molar-refractivity contribution < 1.29 is 8.42 Å². The molecule has 124 valence electrons. The second-order valence-electron chi connectivity index (χ2n) is 5.16. The number of halogens is 2. The van der Waals surface area contributed by atoms with Crippen LogP contribution in [-0.4, -0.2) is 18.0 Å². The Hall–Kier alpha value is -2.02. The highest BCUT2D eigenvalue weighted by Gasteiger charge is 2.14. The van der Waals surface area contributed by atoms with Gasteiger partial charge in [-0.3, -0.25) is 9.29 Å². The summed E-state index contributed by atoms with van der Waals surface area (Å²) in [5.41, 5.74) is 2.16. The minimum atomic E-state index is -3.63. The zero-order chi connectivity index (χ0) is 17.3. The van der Waals surface area contributed by atoms with Crippen molar-refractivity contribution in [1.82, 2.24) is 9.55 Å². The van der Waals surface area contributed by atoms with E-state index in [4.69, 9.17) is 23.2 Å². The van der Waals surface area contributed by atoms with E-state index in [2.05, 4.69) is 9.71 Å². The summed E-state index contributed by atoms with van der Waals surface area (Å²) >= 11 is 11.9. The largest absolute Gasteiger partial charge is 0.288 e. The van der Waals surface area contributed by atoms with Gasteiger partial charge in [-0.2, -0.15) is 0 Å². The molecule has 0 saturated carbocycles. The summed E-state index contributed by atoms with van der Waals surface area (Å²) < 4.78 is 28.9. The lowest BCUT2D eigenvalue weighted by atomic mass is 10.2. The van der Waals surface area contributed by atoms with Crippen LogP contribution in [0.3, 0.4) is 0 Å². The molecule has 3 rings (SSSR count). The molecule has 3 aromatic rings. The summed E-state index contributed by atoms with van der Waals surface area (Å²) in [6.45, 7) is 1.90. The Balaban J connectivity index is 1.84. The Morgan fingerprint density at radius 2 is 1.62 bits per heavy atom. The summed E-state index contributed by atoms with van der Waals surface area (Å²) in [4.78, 5) is 4.12. The first-order valence-electron chi connectivity index (χ1n) is 6.95. The number of sulfonamides is 1. The zero-order valence-electron chi connectivity index (χ0n) is 12.6. The van der Waals surface area contributed by atoms with Crippen LogP contribution in [-0.2, 0) is 10.0 Å². The second kappa shape index (κ2) is 6.47. The monoisotopic (exact) mass is 381 g/mol. The molecule has 0 aliphatic carbocycles. The van der Waals surface area contributed by atoms with Gasteiger partial charge in [0.1, 0.15) is 6.33 Å². The van der Waals surface area contributed by atoms with Gasteiger partial charge in [-0.1, -0.05) is 40.9 Å². The number of anilines is 1. The van der Waals surface area contributed by atoms with Crippen molar-refractivity contribution >= 4 is 38.9 Å². The normalized spacial score (nSPS) is 11.5. The molecule has 1 heterocycles. The molecule has 8 heteroatoms. The summed E-state index contributed by atoms with van der Waals surface area (Å²) in [7, 11) is -3.63. The van der Waals surface area contributed by atoms with Crippen molar-refractivity contribution in [2.75, 3.05) is 4.72 Å². The Morgan fingerprint density at radius 1 is 1.00 bits per heavy atom. The third-order valence-corrected chi connectivity index (χ3v) is 5.53. The van der Waals surface area contributed by atoms with Gasteiger partial charge < -0.3 is 0 Å². The maximum Gasteiger partial charge on any atom is 0.261 e. The zero-order valence-corrected chi connectivity index (χ0v) is 14.9. The lowest BCUT2D eigenvalue weighted by molar-refractivity contribution is 0.601. The number of aromatic nitrogens is 2. The van der Waals surface area contributed by atoms with Gasteiger partial charge in [0.25, 0.3) is 10.0 Å². The first-order chi connectivity index (χ1) is 11.4. The van der Waals surface area contributed by atoms with Crippen LogP contribution in [0.15, 0.2) is 59.8 Å². The van der Waals surface area contributed by atoms with E-state index in [0.717, 1.165) is 11.3 Å². The van der Waals surface area contributed by atoms with Crippen LogP contribution in [0.1, 0.15) is 5.56 Å². The smallest absolute Gasteiger partial charge is 0.261 e. The molecule has 0 saturated heterocycles. The number of nitrogens with one attached hydrogen (secondary N) is 1. The maximum atomic E-state index is 12.4. The van der Waals surface area contributed by atoms with E-state index in [1.165, 1.54) is 6.33 Å². The second-order valence-corrected chi connectivity index (χ2v) is 7.56. The average molecular weight is 382 g/mol. The molecular formula is C16H13Cl2N3O2S. The van der Waals surface area contributed by atoms with E-state index < -0.39 is 10.0 Å². The molecule has 0 aliphatic heterocycles. The predicted octanol–water partition coefficient (Wildman–Crippen LogP) is 4.29. The highest BCUT2D eigenvalue weighted by Crippen LogP contribution is 2.25. The number of benzene rings is 2. The highest BCUT2D eigenvalue weighted by atomic mass is 35.5. The fourth-order valence-electron chi connectivity index (χ4n) is 2.11. The molecule has 0 bridgehead atoms. The summed E-state index contributed by atoms with van der Waals surface area (Å²) in [5.74, 6) is 0. The van der Waals surface area contributed by atoms with Gasteiger partial charge in [-0.15, -0.1) is 0 Å². The molecule has 1 N–H and O–H groups in total. The Morgan fingerprint density at radius 3 is 2.17 bits per heavy atom. The van der Waals surface area contributed by atoms with Crippen LogP contribution in [0.2, 0.25) is 10.3 Å². The third-order valence-electron chi connectivity index (χ3n) is 3.40. The quantitative estimate of drug-likeness (QED) is 0.732. The molecule has 5 nitrogen and oxygen atoms in total. The number of rotatable bonds is 4. The summed E-state index contributed by atoms with van der Waals surface area (Å²) in [5, 5.41) is 0.505. The van der Waals surface area contributed by atoms with E-state index in [0.29, 0.717) is 10.8 Å². The van der Waals surface area contributed by atoms with Crippen molar-refractivity contribution in [2.45, 2.75) is 11.8 Å². The lowest BCUT2D eigenvalue weighted by Crippen LogP contribution is -2.12. The Labute approximate surface area is 149 Å². The Kier molecular flexibility index (Phi) is 4.54. The summed E-state index contributed by atoms with van der Waals surface area (Å²) in [6, 6.07) is 13.4. The van der Waals surface area contributed by atoms with Crippen molar-refractivity contribution in [2.24, 2.45) is 0 Å². The van der Waals surface area contributed by atoms with Crippen LogP contribution in [0.25, 0.3) is 5.69 Å². The standard InChI is InChI=1S/C16H13Cl2N3O2S/c1-11-2-8-14(9-3-11)24(22,23)20-12-4-6-13(7-5-12)21-10-19-15(17)16(21)18/h2-10,20H,1H3. The number of hydrogen-bond donors (Lipinski definition) is 1. The minimum Gasteiger partial charge on any atom is -0.288 e. The molecule has 24 heavy (non-hydrogen) atoms. The van der Waals surface area contributed by atoms with Gasteiger partial charge in [0.15, 0.2) is 10.3 Å². The Bertz CT molecular complexity index is 966. The van der Waals surface area contributed by atoms with Gasteiger partial charge in [-0.05, 0) is 43.3 Å². The molecule has 2 aromatic carbocycles. The van der Waals surface area contributed by atoms with Gasteiger partial charge in [0, 0.05) is 11.4 Å². The van der Waals surface area contributed by atoms with Gasteiger partial charge in [0.05, 0.1) is 4.90 Å². The SMILES string of the molecule is Cc1ccc(S(=O)(=O)Nc2ccc(-n3cnc(Cl)c3Cl)cc2)cc1. The number of nitrogens with zero attached hydrogens (tertiary/aromatic N) is 2. The predicted molar refractivity (Wildman–Crippen MR) is 95.6 cm³/mol. The highest BCUT2D eigenvalue weighted by molar-refractivity contribution is 7.92. The molecule has 0 spiro atoms. The van der Waals surface area contributed by atoms with E-state index in [9.17, 15) is 8.42 Å². The molecule has 0 amide bonds. The first kappa shape index (κ1) is 16.8. The van der Waals surface area contributed by atoms with E-state index >= 15 is 0 Å². The topological polar surface area (TPSA) is 64.0 Å². The van der Waals surface area contributed by atoms with Crippen molar-refractivity contribution in [1.29, 1.82) is 0 Å². The van der Waals surface area contributed by atoms with Gasteiger partial charge in [-0.25, -0.2) is 13.4 Å². The third kappa shape index (κ3) is 3.40. The lowest BCUT2D eigenvalue weighted by Gasteiger charge is -2.10. The molecule has 0 fully saturated rings.